The lowest BCUT2D eigenvalue weighted by Gasteiger charge is -2.08. The molecule has 0 radical (unpaired) electrons. The third-order valence-electron chi connectivity index (χ3n) is 1.59. The molecule has 0 saturated heterocycles. The molecule has 0 rings (SSSR count). The van der Waals surface area contributed by atoms with Crippen molar-refractivity contribution < 1.29 is 14.7 Å². The van der Waals surface area contributed by atoms with Crippen LogP contribution in [0.15, 0.2) is 0 Å². The van der Waals surface area contributed by atoms with Crippen molar-refractivity contribution in [1.82, 2.24) is 0 Å². The number of carboxylic acids is 1. The SMILES string of the molecule is CCCC(CC=O)CC(=O)O. The van der Waals surface area contributed by atoms with Crippen LogP contribution in [0.3, 0.4) is 0 Å². The fourth-order valence-electron chi connectivity index (χ4n) is 1.09. The van der Waals surface area contributed by atoms with Crippen LogP contribution in [-0.4, -0.2) is 17.4 Å². The van der Waals surface area contributed by atoms with E-state index in [0.717, 1.165) is 19.1 Å². The van der Waals surface area contributed by atoms with Crippen LogP contribution < -0.4 is 0 Å². The van der Waals surface area contributed by atoms with Crippen LogP contribution in [0.25, 0.3) is 0 Å². The topological polar surface area (TPSA) is 54.4 Å². The molecule has 0 heterocycles. The van der Waals surface area contributed by atoms with Crippen LogP contribution in [0, 0.1) is 5.92 Å². The van der Waals surface area contributed by atoms with Crippen molar-refractivity contribution in [1.29, 1.82) is 0 Å². The van der Waals surface area contributed by atoms with Crippen molar-refractivity contribution in [3.63, 3.8) is 0 Å². The van der Waals surface area contributed by atoms with E-state index in [2.05, 4.69) is 0 Å². The van der Waals surface area contributed by atoms with Gasteiger partial charge in [0, 0.05) is 12.8 Å². The predicted molar refractivity (Wildman–Crippen MR) is 41.3 cm³/mol. The second-order valence-electron chi connectivity index (χ2n) is 2.65. The van der Waals surface area contributed by atoms with E-state index in [9.17, 15) is 9.59 Å². The predicted octanol–water partition coefficient (Wildman–Crippen LogP) is 1.47. The molecule has 1 N–H and O–H groups in total. The molecule has 1 unspecified atom stereocenters. The number of aldehydes is 1. The molecule has 64 valence electrons. The molecule has 3 nitrogen and oxygen atoms in total. The monoisotopic (exact) mass is 158 g/mol. The van der Waals surface area contributed by atoms with Crippen LogP contribution in [0.5, 0.6) is 0 Å². The summed E-state index contributed by atoms with van der Waals surface area (Å²) in [7, 11) is 0. The van der Waals surface area contributed by atoms with E-state index >= 15 is 0 Å². The summed E-state index contributed by atoms with van der Waals surface area (Å²) in [6.07, 6.45) is 3.05. The lowest BCUT2D eigenvalue weighted by molar-refractivity contribution is -0.138. The molecule has 0 aromatic carbocycles. The largest absolute Gasteiger partial charge is 0.481 e. The third-order valence-corrected chi connectivity index (χ3v) is 1.59. The maximum Gasteiger partial charge on any atom is 0.303 e. The Kier molecular flexibility index (Phi) is 5.43. The van der Waals surface area contributed by atoms with E-state index < -0.39 is 5.97 Å². The van der Waals surface area contributed by atoms with Crippen LogP contribution in [-0.2, 0) is 9.59 Å². The average Bonchev–Trinajstić information content (AvgIpc) is 1.87. The number of carboxylic acid groups (broad SMARTS) is 1. The number of hydrogen-bond acceptors (Lipinski definition) is 2. The lowest BCUT2D eigenvalue weighted by atomic mass is 9.97. The molecule has 0 aliphatic heterocycles. The fraction of sp³-hybridized carbons (Fsp3) is 0.750. The van der Waals surface area contributed by atoms with Crippen LogP contribution >= 0.6 is 0 Å². The van der Waals surface area contributed by atoms with Gasteiger partial charge in [-0.25, -0.2) is 0 Å². The molecule has 1 atom stereocenters. The minimum Gasteiger partial charge on any atom is -0.481 e. The highest BCUT2D eigenvalue weighted by Gasteiger charge is 2.10. The Bertz CT molecular complexity index is 131. The smallest absolute Gasteiger partial charge is 0.303 e. The van der Waals surface area contributed by atoms with E-state index in [1.807, 2.05) is 6.92 Å². The average molecular weight is 158 g/mol. The molecule has 0 bridgehead atoms. The molecule has 0 aromatic rings. The number of carbonyl (C=O) groups excluding carboxylic acids is 1. The Morgan fingerprint density at radius 3 is 2.64 bits per heavy atom. The molecule has 0 aromatic heterocycles. The van der Waals surface area contributed by atoms with Gasteiger partial charge < -0.3 is 9.90 Å². The molecule has 11 heavy (non-hydrogen) atoms. The molecule has 0 amide bonds. The summed E-state index contributed by atoms with van der Waals surface area (Å²) in [5.74, 6) is -0.778. The zero-order chi connectivity index (χ0) is 8.69. The Labute approximate surface area is 66.4 Å². The van der Waals surface area contributed by atoms with E-state index in [-0.39, 0.29) is 12.3 Å². The van der Waals surface area contributed by atoms with Gasteiger partial charge in [0.15, 0.2) is 0 Å². The van der Waals surface area contributed by atoms with Gasteiger partial charge in [0.25, 0.3) is 0 Å². The summed E-state index contributed by atoms with van der Waals surface area (Å²) in [5.41, 5.74) is 0. The van der Waals surface area contributed by atoms with Gasteiger partial charge in [-0.2, -0.15) is 0 Å². The maximum atomic E-state index is 10.2. The normalized spacial score (nSPS) is 12.5. The summed E-state index contributed by atoms with van der Waals surface area (Å²) in [6, 6.07) is 0. The van der Waals surface area contributed by atoms with Crippen LogP contribution in [0.2, 0.25) is 0 Å². The van der Waals surface area contributed by atoms with Crippen molar-refractivity contribution in [2.24, 2.45) is 5.92 Å². The zero-order valence-corrected chi connectivity index (χ0v) is 6.75. The Morgan fingerprint density at radius 1 is 1.64 bits per heavy atom. The van der Waals surface area contributed by atoms with Crippen LogP contribution in [0.4, 0.5) is 0 Å². The Morgan fingerprint density at radius 2 is 2.27 bits per heavy atom. The fourth-order valence-corrected chi connectivity index (χ4v) is 1.09. The molecule has 0 fully saturated rings. The first-order valence-corrected chi connectivity index (χ1v) is 3.86. The van der Waals surface area contributed by atoms with E-state index in [1.165, 1.54) is 0 Å². The number of rotatable bonds is 6. The number of hydrogen-bond donors (Lipinski definition) is 1. The van der Waals surface area contributed by atoms with E-state index in [0.29, 0.717) is 6.42 Å². The molecule has 0 aliphatic rings. The lowest BCUT2D eigenvalue weighted by Crippen LogP contribution is -2.07. The molecular formula is C8H14O3. The first-order chi connectivity index (χ1) is 5.20. The minimum absolute atomic E-state index is 0.0370. The van der Waals surface area contributed by atoms with Crippen molar-refractivity contribution in [2.45, 2.75) is 32.6 Å². The Hall–Kier alpha value is -0.860. The zero-order valence-electron chi connectivity index (χ0n) is 6.75. The van der Waals surface area contributed by atoms with E-state index in [4.69, 9.17) is 5.11 Å². The summed E-state index contributed by atoms with van der Waals surface area (Å²) in [5, 5.41) is 8.42. The quantitative estimate of drug-likeness (QED) is 0.595. The molecule has 3 heteroatoms. The van der Waals surface area contributed by atoms with Crippen molar-refractivity contribution in [2.75, 3.05) is 0 Å². The molecule has 0 spiro atoms. The highest BCUT2D eigenvalue weighted by atomic mass is 16.4. The summed E-state index contributed by atoms with van der Waals surface area (Å²) in [4.78, 5) is 20.3. The van der Waals surface area contributed by atoms with E-state index in [1.54, 1.807) is 0 Å². The van der Waals surface area contributed by atoms with Gasteiger partial charge in [0.05, 0.1) is 0 Å². The highest BCUT2D eigenvalue weighted by molar-refractivity contribution is 5.67. The molecule has 0 saturated carbocycles. The van der Waals surface area contributed by atoms with Crippen molar-refractivity contribution in [3.8, 4) is 0 Å². The van der Waals surface area contributed by atoms with Gasteiger partial charge in [0.1, 0.15) is 6.29 Å². The van der Waals surface area contributed by atoms with Gasteiger partial charge >= 0.3 is 5.97 Å². The minimum atomic E-state index is -0.815. The Balaban J connectivity index is 3.67. The van der Waals surface area contributed by atoms with Gasteiger partial charge in [-0.1, -0.05) is 13.3 Å². The first-order valence-electron chi connectivity index (χ1n) is 3.86. The van der Waals surface area contributed by atoms with Gasteiger partial charge in [-0.15, -0.1) is 0 Å². The molecule has 0 aliphatic carbocycles. The molecular weight excluding hydrogens is 144 g/mol. The van der Waals surface area contributed by atoms with Crippen molar-refractivity contribution >= 4 is 12.3 Å². The first kappa shape index (κ1) is 10.1. The maximum absolute atomic E-state index is 10.2. The van der Waals surface area contributed by atoms with Crippen LogP contribution in [0.1, 0.15) is 32.6 Å². The van der Waals surface area contributed by atoms with Gasteiger partial charge in [-0.05, 0) is 12.3 Å². The summed E-state index contributed by atoms with van der Waals surface area (Å²) >= 11 is 0. The summed E-state index contributed by atoms with van der Waals surface area (Å²) in [6.45, 7) is 1.99. The second-order valence-corrected chi connectivity index (χ2v) is 2.65. The number of aliphatic carboxylic acids is 1. The second kappa shape index (κ2) is 5.89. The standard InChI is InChI=1S/C8H14O3/c1-2-3-7(4-5-9)6-8(10)11/h5,7H,2-4,6H2,1H3,(H,10,11). The highest BCUT2D eigenvalue weighted by Crippen LogP contribution is 2.13. The van der Waals surface area contributed by atoms with Gasteiger partial charge in [0.2, 0.25) is 0 Å². The number of carbonyl (C=O) groups is 2. The third kappa shape index (κ3) is 5.58. The summed E-state index contributed by atoms with van der Waals surface area (Å²) < 4.78 is 0. The van der Waals surface area contributed by atoms with Crippen molar-refractivity contribution in [3.05, 3.63) is 0 Å². The van der Waals surface area contributed by atoms with Gasteiger partial charge in [-0.3, -0.25) is 4.79 Å².